The van der Waals surface area contributed by atoms with Crippen molar-refractivity contribution in [3.8, 4) is 5.75 Å². The molecule has 0 bridgehead atoms. The average molecular weight is 245 g/mol. The maximum absolute atomic E-state index is 11.9. The molecule has 0 aliphatic carbocycles. The SMILES string of the molecule is COc1ccc(S(=O)(=O)C(N)CO)c(C)c1. The molecule has 6 heteroatoms. The minimum absolute atomic E-state index is 0.120. The Balaban J connectivity index is 3.24. The van der Waals surface area contributed by atoms with Crippen molar-refractivity contribution in [3.05, 3.63) is 23.8 Å². The molecule has 0 heterocycles. The largest absolute Gasteiger partial charge is 0.497 e. The summed E-state index contributed by atoms with van der Waals surface area (Å²) in [5.74, 6) is 0.578. The highest BCUT2D eigenvalue weighted by Gasteiger charge is 2.24. The van der Waals surface area contributed by atoms with E-state index in [1.54, 1.807) is 19.1 Å². The van der Waals surface area contributed by atoms with Crippen molar-refractivity contribution < 1.29 is 18.3 Å². The first-order valence-corrected chi connectivity index (χ1v) is 6.23. The molecule has 1 aromatic rings. The fourth-order valence-electron chi connectivity index (χ4n) is 1.33. The summed E-state index contributed by atoms with van der Waals surface area (Å²) in [6.45, 7) is 1.05. The smallest absolute Gasteiger partial charge is 0.196 e. The van der Waals surface area contributed by atoms with Gasteiger partial charge in [0.25, 0.3) is 0 Å². The van der Waals surface area contributed by atoms with Gasteiger partial charge in [0, 0.05) is 0 Å². The summed E-state index contributed by atoms with van der Waals surface area (Å²) in [7, 11) is -2.17. The second-order valence-corrected chi connectivity index (χ2v) is 5.53. The lowest BCUT2D eigenvalue weighted by atomic mass is 10.2. The number of rotatable bonds is 4. The van der Waals surface area contributed by atoms with Gasteiger partial charge >= 0.3 is 0 Å². The lowest BCUT2D eigenvalue weighted by molar-refractivity contribution is 0.292. The summed E-state index contributed by atoms with van der Waals surface area (Å²) < 4.78 is 28.7. The van der Waals surface area contributed by atoms with E-state index in [0.717, 1.165) is 0 Å². The van der Waals surface area contributed by atoms with Crippen LogP contribution in [-0.4, -0.2) is 32.6 Å². The number of hydrogen-bond acceptors (Lipinski definition) is 5. The third-order valence-corrected chi connectivity index (χ3v) is 4.28. The summed E-state index contributed by atoms with van der Waals surface area (Å²) in [5.41, 5.74) is 5.90. The molecule has 0 aliphatic rings. The Hall–Kier alpha value is -1.11. The average Bonchev–Trinajstić information content (AvgIpc) is 2.27. The van der Waals surface area contributed by atoms with E-state index in [4.69, 9.17) is 15.6 Å². The molecule has 0 aromatic heterocycles. The molecule has 0 saturated heterocycles. The first-order chi connectivity index (χ1) is 7.43. The van der Waals surface area contributed by atoms with E-state index in [9.17, 15) is 8.42 Å². The highest BCUT2D eigenvalue weighted by Crippen LogP contribution is 2.22. The van der Waals surface area contributed by atoms with Gasteiger partial charge in [-0.05, 0) is 30.7 Å². The molecule has 16 heavy (non-hydrogen) atoms. The van der Waals surface area contributed by atoms with Crippen LogP contribution in [0.2, 0.25) is 0 Å². The molecule has 0 amide bonds. The highest BCUT2D eigenvalue weighted by molar-refractivity contribution is 7.92. The van der Waals surface area contributed by atoms with Crippen LogP contribution in [0.1, 0.15) is 5.56 Å². The first-order valence-electron chi connectivity index (χ1n) is 4.68. The van der Waals surface area contributed by atoms with Crippen molar-refractivity contribution in [2.45, 2.75) is 17.2 Å². The summed E-state index contributed by atoms with van der Waals surface area (Å²) in [5, 5.41) is 7.50. The maximum atomic E-state index is 11.9. The quantitative estimate of drug-likeness (QED) is 0.782. The standard InChI is InChI=1S/C10H15NO4S/c1-7-5-8(15-2)3-4-9(7)16(13,14)10(11)6-12/h3-5,10,12H,6,11H2,1-2H3. The van der Waals surface area contributed by atoms with Crippen LogP contribution in [-0.2, 0) is 9.84 Å². The molecule has 1 atom stereocenters. The van der Waals surface area contributed by atoms with Gasteiger partial charge in [-0.2, -0.15) is 0 Å². The van der Waals surface area contributed by atoms with Gasteiger partial charge in [0.05, 0.1) is 18.6 Å². The Morgan fingerprint density at radius 2 is 2.12 bits per heavy atom. The number of aliphatic hydroxyl groups excluding tert-OH is 1. The van der Waals surface area contributed by atoms with E-state index < -0.39 is 21.8 Å². The van der Waals surface area contributed by atoms with Crippen molar-refractivity contribution in [2.24, 2.45) is 5.73 Å². The van der Waals surface area contributed by atoms with E-state index >= 15 is 0 Å². The third kappa shape index (κ3) is 2.34. The van der Waals surface area contributed by atoms with Crippen molar-refractivity contribution in [2.75, 3.05) is 13.7 Å². The van der Waals surface area contributed by atoms with Gasteiger partial charge < -0.3 is 15.6 Å². The Labute approximate surface area is 94.8 Å². The van der Waals surface area contributed by atoms with Gasteiger partial charge in [-0.1, -0.05) is 0 Å². The van der Waals surface area contributed by atoms with Crippen LogP contribution in [0, 0.1) is 6.92 Å². The van der Waals surface area contributed by atoms with Crippen LogP contribution in [0.4, 0.5) is 0 Å². The number of methoxy groups -OCH3 is 1. The Kier molecular flexibility index (Phi) is 3.90. The molecule has 0 fully saturated rings. The van der Waals surface area contributed by atoms with Gasteiger partial charge in [-0.25, -0.2) is 8.42 Å². The van der Waals surface area contributed by atoms with E-state index in [-0.39, 0.29) is 4.90 Å². The predicted octanol–water partition coefficient (Wildman–Crippen LogP) is 0.0544. The molecule has 0 radical (unpaired) electrons. The summed E-state index contributed by atoms with van der Waals surface area (Å²) >= 11 is 0. The second kappa shape index (κ2) is 4.82. The number of benzene rings is 1. The maximum Gasteiger partial charge on any atom is 0.196 e. The van der Waals surface area contributed by atoms with Crippen molar-refractivity contribution in [1.29, 1.82) is 0 Å². The number of aliphatic hydroxyl groups is 1. The fourth-order valence-corrected chi connectivity index (χ4v) is 2.62. The van der Waals surface area contributed by atoms with Crippen LogP contribution in [0.5, 0.6) is 5.75 Å². The zero-order chi connectivity index (χ0) is 12.3. The van der Waals surface area contributed by atoms with Crippen LogP contribution in [0.15, 0.2) is 23.1 Å². The van der Waals surface area contributed by atoms with Gasteiger partial charge in [0.1, 0.15) is 11.1 Å². The molecule has 0 spiro atoms. The highest BCUT2D eigenvalue weighted by atomic mass is 32.2. The van der Waals surface area contributed by atoms with Gasteiger partial charge in [-0.15, -0.1) is 0 Å². The monoisotopic (exact) mass is 245 g/mol. The summed E-state index contributed by atoms with van der Waals surface area (Å²) in [4.78, 5) is 0.120. The van der Waals surface area contributed by atoms with Crippen LogP contribution < -0.4 is 10.5 Å². The Morgan fingerprint density at radius 1 is 1.50 bits per heavy atom. The zero-order valence-electron chi connectivity index (χ0n) is 9.17. The normalized spacial score (nSPS) is 13.5. The molecule has 5 nitrogen and oxygen atoms in total. The molecular formula is C10H15NO4S. The van der Waals surface area contributed by atoms with Crippen LogP contribution >= 0.6 is 0 Å². The van der Waals surface area contributed by atoms with Crippen LogP contribution in [0.25, 0.3) is 0 Å². The first kappa shape index (κ1) is 13.0. The number of hydrogen-bond donors (Lipinski definition) is 2. The number of sulfone groups is 1. The molecule has 0 aliphatic heterocycles. The molecule has 90 valence electrons. The Bertz CT molecular complexity index is 470. The van der Waals surface area contributed by atoms with E-state index in [0.29, 0.717) is 11.3 Å². The fraction of sp³-hybridized carbons (Fsp3) is 0.400. The van der Waals surface area contributed by atoms with Gasteiger partial charge in [0.2, 0.25) is 0 Å². The summed E-state index contributed by atoms with van der Waals surface area (Å²) in [6.07, 6.45) is 0. The van der Waals surface area contributed by atoms with Crippen LogP contribution in [0.3, 0.4) is 0 Å². The van der Waals surface area contributed by atoms with E-state index in [1.807, 2.05) is 0 Å². The number of nitrogens with two attached hydrogens (primary N) is 1. The topological polar surface area (TPSA) is 89.6 Å². The zero-order valence-corrected chi connectivity index (χ0v) is 9.99. The second-order valence-electron chi connectivity index (χ2n) is 3.40. The Morgan fingerprint density at radius 3 is 2.56 bits per heavy atom. The molecule has 1 rings (SSSR count). The lowest BCUT2D eigenvalue weighted by Gasteiger charge is -2.13. The molecule has 1 unspecified atom stereocenters. The molecule has 0 saturated carbocycles. The lowest BCUT2D eigenvalue weighted by Crippen LogP contribution is -2.34. The van der Waals surface area contributed by atoms with Gasteiger partial charge in [0.15, 0.2) is 9.84 Å². The minimum atomic E-state index is -3.67. The summed E-state index contributed by atoms with van der Waals surface area (Å²) in [6, 6.07) is 4.58. The number of ether oxygens (including phenoxy) is 1. The van der Waals surface area contributed by atoms with Crippen molar-refractivity contribution >= 4 is 9.84 Å². The predicted molar refractivity (Wildman–Crippen MR) is 60.0 cm³/mol. The molecule has 1 aromatic carbocycles. The molecule has 3 N–H and O–H groups in total. The van der Waals surface area contributed by atoms with Crippen molar-refractivity contribution in [1.82, 2.24) is 0 Å². The van der Waals surface area contributed by atoms with E-state index in [1.165, 1.54) is 13.2 Å². The third-order valence-electron chi connectivity index (χ3n) is 2.27. The number of aryl methyl sites for hydroxylation is 1. The van der Waals surface area contributed by atoms with Crippen molar-refractivity contribution in [3.63, 3.8) is 0 Å². The van der Waals surface area contributed by atoms with Gasteiger partial charge in [-0.3, -0.25) is 0 Å². The minimum Gasteiger partial charge on any atom is -0.497 e. The molecular weight excluding hydrogens is 230 g/mol. The van der Waals surface area contributed by atoms with E-state index in [2.05, 4.69) is 0 Å².